The summed E-state index contributed by atoms with van der Waals surface area (Å²) in [7, 11) is 1.54. The molecule has 4 aromatic carbocycles. The van der Waals surface area contributed by atoms with Gasteiger partial charge in [-0.1, -0.05) is 65.2 Å². The average molecular weight is 584 g/mol. The molecule has 0 atom stereocenters. The maximum Gasteiger partial charge on any atom is 0.282 e. The summed E-state index contributed by atoms with van der Waals surface area (Å²) in [6.45, 7) is 2.36. The monoisotopic (exact) mass is 583 g/mol. The van der Waals surface area contributed by atoms with Crippen molar-refractivity contribution in [3.05, 3.63) is 122 Å². The van der Waals surface area contributed by atoms with Gasteiger partial charge < -0.3 is 13.9 Å². The van der Waals surface area contributed by atoms with E-state index >= 15 is 0 Å². The summed E-state index contributed by atoms with van der Waals surface area (Å²) in [5.41, 5.74) is 3.55. The van der Waals surface area contributed by atoms with E-state index in [9.17, 15) is 4.79 Å². The molecule has 0 amide bonds. The summed E-state index contributed by atoms with van der Waals surface area (Å²) >= 11 is 12.8. The van der Waals surface area contributed by atoms with Gasteiger partial charge in [0.25, 0.3) is 5.56 Å². The van der Waals surface area contributed by atoms with Gasteiger partial charge in [0.05, 0.1) is 29.2 Å². The van der Waals surface area contributed by atoms with Gasteiger partial charge in [-0.05, 0) is 66.6 Å². The summed E-state index contributed by atoms with van der Waals surface area (Å²) in [5, 5.41) is 6.63. The fourth-order valence-electron chi connectivity index (χ4n) is 4.43. The minimum atomic E-state index is -0.351. The highest BCUT2D eigenvalue weighted by Crippen LogP contribution is 2.37. The fraction of sp³-hybridized carbons (Fsp3) is 0.0938. The lowest BCUT2D eigenvalue weighted by Gasteiger charge is -2.13. The first kappa shape index (κ1) is 26.6. The molecule has 0 radical (unpaired) electrons. The first-order chi connectivity index (χ1) is 19.9. The van der Waals surface area contributed by atoms with Crippen LogP contribution < -0.4 is 15.0 Å². The number of nitrogens with zero attached hydrogens (tertiary/aromatic N) is 3. The Bertz CT molecular complexity index is 2000. The van der Waals surface area contributed by atoms with Crippen molar-refractivity contribution in [1.29, 1.82) is 0 Å². The number of aromatic nitrogens is 2. The number of benzene rings is 4. The van der Waals surface area contributed by atoms with Crippen LogP contribution in [0.25, 0.3) is 33.5 Å². The number of rotatable bonds is 7. The second kappa shape index (κ2) is 11.1. The van der Waals surface area contributed by atoms with Crippen LogP contribution in [0.4, 0.5) is 0 Å². The zero-order valence-corrected chi connectivity index (χ0v) is 23.6. The molecule has 0 fully saturated rings. The molecular weight excluding hydrogens is 561 g/mol. The molecule has 41 heavy (non-hydrogen) atoms. The van der Waals surface area contributed by atoms with Gasteiger partial charge >= 0.3 is 0 Å². The molecule has 0 spiro atoms. The fourth-order valence-corrected chi connectivity index (χ4v) is 4.89. The summed E-state index contributed by atoms with van der Waals surface area (Å²) in [6, 6.07) is 25.6. The Morgan fingerprint density at radius 2 is 1.80 bits per heavy atom. The minimum absolute atomic E-state index is 0.244. The van der Waals surface area contributed by atoms with E-state index in [2.05, 4.69) is 5.10 Å². The predicted molar refractivity (Wildman–Crippen MR) is 163 cm³/mol. The van der Waals surface area contributed by atoms with Crippen LogP contribution in [-0.4, -0.2) is 23.0 Å². The largest absolute Gasteiger partial charge is 0.493 e. The van der Waals surface area contributed by atoms with E-state index in [-0.39, 0.29) is 11.4 Å². The Labute approximate surface area is 245 Å². The van der Waals surface area contributed by atoms with Crippen molar-refractivity contribution in [3.8, 4) is 23.1 Å². The van der Waals surface area contributed by atoms with Crippen LogP contribution in [0, 0.1) is 6.92 Å². The molecule has 0 aliphatic rings. The molecule has 2 aromatic heterocycles. The minimum Gasteiger partial charge on any atom is -0.493 e. The van der Waals surface area contributed by atoms with Gasteiger partial charge in [-0.3, -0.25) is 4.79 Å². The number of furan rings is 1. The van der Waals surface area contributed by atoms with Crippen molar-refractivity contribution < 1.29 is 13.9 Å². The van der Waals surface area contributed by atoms with Crippen molar-refractivity contribution >= 4 is 51.3 Å². The third-order valence-electron chi connectivity index (χ3n) is 6.53. The molecule has 204 valence electrons. The molecule has 0 N–H and O–H groups in total. The van der Waals surface area contributed by atoms with Gasteiger partial charge in [0.2, 0.25) is 5.82 Å². The van der Waals surface area contributed by atoms with Gasteiger partial charge in [0.1, 0.15) is 12.2 Å². The molecule has 9 heteroatoms. The van der Waals surface area contributed by atoms with E-state index < -0.39 is 0 Å². The Hall–Kier alpha value is -4.59. The Kier molecular flexibility index (Phi) is 7.22. The third-order valence-corrected chi connectivity index (χ3v) is 7.05. The summed E-state index contributed by atoms with van der Waals surface area (Å²) in [5.74, 6) is 1.47. The molecule has 0 aliphatic heterocycles. The Morgan fingerprint density at radius 1 is 1.00 bits per heavy atom. The number of hydrogen-bond donors (Lipinski definition) is 0. The Balaban J connectivity index is 1.39. The molecule has 2 heterocycles. The number of fused-ring (bicyclic) bond motifs is 2. The highest BCUT2D eigenvalue weighted by Gasteiger charge is 2.17. The van der Waals surface area contributed by atoms with Crippen LogP contribution in [0.15, 0.2) is 99.2 Å². The molecule has 0 aliphatic carbocycles. The zero-order chi connectivity index (χ0) is 28.5. The SMILES string of the molecule is COc1cc(C=Nn2c(-c3cc4cc(Cl)ccc4o3)nc3ccccc3c2=O)cc(Cl)c1OCc1ccc(C)cc1. The number of methoxy groups -OCH3 is 1. The van der Waals surface area contributed by atoms with Crippen molar-refractivity contribution in [1.82, 2.24) is 9.66 Å². The average Bonchev–Trinajstić information content (AvgIpc) is 3.39. The summed E-state index contributed by atoms with van der Waals surface area (Å²) in [6.07, 6.45) is 1.51. The number of hydrogen-bond acceptors (Lipinski definition) is 6. The first-order valence-electron chi connectivity index (χ1n) is 12.7. The molecule has 6 rings (SSSR count). The summed E-state index contributed by atoms with van der Waals surface area (Å²) in [4.78, 5) is 18.3. The maximum absolute atomic E-state index is 13.6. The topological polar surface area (TPSA) is 78.9 Å². The highest BCUT2D eigenvalue weighted by atomic mass is 35.5. The van der Waals surface area contributed by atoms with Crippen LogP contribution >= 0.6 is 23.2 Å². The van der Waals surface area contributed by atoms with Crippen LogP contribution in [0.5, 0.6) is 11.5 Å². The second-order valence-electron chi connectivity index (χ2n) is 9.42. The number of ether oxygens (including phenoxy) is 2. The van der Waals surface area contributed by atoms with Crippen LogP contribution in [0.3, 0.4) is 0 Å². The zero-order valence-electron chi connectivity index (χ0n) is 22.1. The van der Waals surface area contributed by atoms with Gasteiger partial charge in [-0.15, -0.1) is 0 Å². The van der Waals surface area contributed by atoms with Gasteiger partial charge in [-0.25, -0.2) is 4.98 Å². The smallest absolute Gasteiger partial charge is 0.282 e. The van der Waals surface area contributed by atoms with Crippen molar-refractivity contribution in [2.24, 2.45) is 5.10 Å². The highest BCUT2D eigenvalue weighted by molar-refractivity contribution is 6.32. The van der Waals surface area contributed by atoms with E-state index in [1.165, 1.54) is 23.6 Å². The van der Waals surface area contributed by atoms with Gasteiger partial charge in [-0.2, -0.15) is 9.78 Å². The van der Waals surface area contributed by atoms with Crippen LogP contribution in [0.1, 0.15) is 16.7 Å². The molecule has 0 saturated heterocycles. The van der Waals surface area contributed by atoms with E-state index in [4.69, 9.17) is 42.1 Å². The van der Waals surface area contributed by atoms with Crippen molar-refractivity contribution in [2.45, 2.75) is 13.5 Å². The standard InChI is InChI=1S/C32H23Cl2N3O4/c1-19-7-9-20(10-8-19)18-40-30-25(34)13-21(14-28(30)39-2)17-35-37-31(36-26-6-4-3-5-24(26)32(37)38)29-16-22-15-23(33)11-12-27(22)41-29/h3-17H,18H2,1-2H3. The molecule has 6 aromatic rings. The lowest BCUT2D eigenvalue weighted by molar-refractivity contribution is 0.284. The quantitative estimate of drug-likeness (QED) is 0.178. The van der Waals surface area contributed by atoms with E-state index in [1.54, 1.807) is 54.6 Å². The molecule has 7 nitrogen and oxygen atoms in total. The number of aryl methyl sites for hydroxylation is 1. The normalized spacial score (nSPS) is 11.5. The summed E-state index contributed by atoms with van der Waals surface area (Å²) < 4.78 is 18.8. The molecule has 0 bridgehead atoms. The number of para-hydroxylation sites is 1. The van der Waals surface area contributed by atoms with Crippen LogP contribution in [-0.2, 0) is 6.61 Å². The van der Waals surface area contributed by atoms with E-state index in [0.29, 0.717) is 56.0 Å². The first-order valence-corrected chi connectivity index (χ1v) is 13.5. The third kappa shape index (κ3) is 5.42. The van der Waals surface area contributed by atoms with E-state index in [0.717, 1.165) is 10.9 Å². The predicted octanol–water partition coefficient (Wildman–Crippen LogP) is 7.89. The number of halogens is 2. The van der Waals surface area contributed by atoms with Crippen molar-refractivity contribution in [2.75, 3.05) is 7.11 Å². The van der Waals surface area contributed by atoms with Gasteiger partial charge in [0.15, 0.2) is 17.3 Å². The van der Waals surface area contributed by atoms with Crippen molar-refractivity contribution in [3.63, 3.8) is 0 Å². The van der Waals surface area contributed by atoms with Crippen LogP contribution in [0.2, 0.25) is 10.0 Å². The maximum atomic E-state index is 13.6. The van der Waals surface area contributed by atoms with Gasteiger partial charge in [0, 0.05) is 10.4 Å². The Morgan fingerprint density at radius 3 is 2.61 bits per heavy atom. The molecular formula is C32H23Cl2N3O4. The second-order valence-corrected chi connectivity index (χ2v) is 10.3. The molecule has 0 saturated carbocycles. The lowest BCUT2D eigenvalue weighted by Crippen LogP contribution is -2.20. The molecule has 0 unspecified atom stereocenters. The lowest BCUT2D eigenvalue weighted by atomic mass is 10.1. The van der Waals surface area contributed by atoms with E-state index in [1.807, 2.05) is 37.3 Å².